The highest BCUT2D eigenvalue weighted by Crippen LogP contribution is 2.39. The van der Waals surface area contributed by atoms with Crippen molar-refractivity contribution in [2.75, 3.05) is 11.1 Å². The van der Waals surface area contributed by atoms with Gasteiger partial charge in [-0.05, 0) is 19.1 Å². The van der Waals surface area contributed by atoms with Crippen LogP contribution in [-0.4, -0.2) is 11.2 Å². The van der Waals surface area contributed by atoms with Crippen molar-refractivity contribution in [2.24, 2.45) is 0 Å². The highest BCUT2D eigenvalue weighted by Gasteiger charge is 2.23. The quantitative estimate of drug-likeness (QED) is 0.618. The number of carbonyl (C=O) groups excluding carboxylic acids is 1. The van der Waals surface area contributed by atoms with Gasteiger partial charge in [-0.25, -0.2) is 0 Å². The molecule has 0 aromatic heterocycles. The number of nitrogens with two attached hydrogens (primary N) is 1. The summed E-state index contributed by atoms with van der Waals surface area (Å²) in [6, 6.07) is 5.55. The van der Waals surface area contributed by atoms with Crippen molar-refractivity contribution in [3.8, 4) is 0 Å². The maximum Gasteiger partial charge on any atom is 0.237 e. The highest BCUT2D eigenvalue weighted by atomic mass is 32.2. The van der Waals surface area contributed by atoms with Gasteiger partial charge < -0.3 is 11.1 Å². The summed E-state index contributed by atoms with van der Waals surface area (Å²) in [4.78, 5) is 12.3. The van der Waals surface area contributed by atoms with Gasteiger partial charge in [-0.15, -0.1) is 11.8 Å². The number of thioether (sulfide) groups is 1. The van der Waals surface area contributed by atoms with Crippen LogP contribution in [0.5, 0.6) is 0 Å². The molecular formula is C9H10N2OS. The summed E-state index contributed by atoms with van der Waals surface area (Å²) in [7, 11) is 0. The zero-order valence-corrected chi connectivity index (χ0v) is 8.02. The lowest BCUT2D eigenvalue weighted by molar-refractivity contribution is -0.115. The van der Waals surface area contributed by atoms with Gasteiger partial charge in [0.2, 0.25) is 5.91 Å². The molecule has 0 aliphatic carbocycles. The van der Waals surface area contributed by atoms with Crippen molar-refractivity contribution >= 4 is 29.0 Å². The number of fused-ring (bicyclic) bond motifs is 1. The summed E-state index contributed by atoms with van der Waals surface area (Å²) < 4.78 is 0. The largest absolute Gasteiger partial charge is 0.398 e. The third-order valence-electron chi connectivity index (χ3n) is 1.97. The Morgan fingerprint density at radius 1 is 1.54 bits per heavy atom. The van der Waals surface area contributed by atoms with Crippen LogP contribution < -0.4 is 11.1 Å². The fourth-order valence-electron chi connectivity index (χ4n) is 1.25. The third kappa shape index (κ3) is 1.37. The molecule has 3 N–H and O–H groups in total. The van der Waals surface area contributed by atoms with Gasteiger partial charge in [0.05, 0.1) is 15.8 Å². The minimum Gasteiger partial charge on any atom is -0.398 e. The second-order valence-electron chi connectivity index (χ2n) is 2.97. The average molecular weight is 194 g/mol. The summed E-state index contributed by atoms with van der Waals surface area (Å²) in [5.74, 6) is 0.0445. The van der Waals surface area contributed by atoms with E-state index in [0.717, 1.165) is 16.3 Å². The maximum atomic E-state index is 11.3. The van der Waals surface area contributed by atoms with E-state index in [0.29, 0.717) is 0 Å². The van der Waals surface area contributed by atoms with E-state index in [4.69, 9.17) is 5.73 Å². The average Bonchev–Trinajstić information content (AvgIpc) is 2.09. The first-order chi connectivity index (χ1) is 6.18. The fourth-order valence-corrected chi connectivity index (χ4v) is 2.22. The van der Waals surface area contributed by atoms with E-state index in [1.807, 2.05) is 25.1 Å². The number of amides is 1. The van der Waals surface area contributed by atoms with Gasteiger partial charge >= 0.3 is 0 Å². The minimum atomic E-state index is -0.0581. The van der Waals surface area contributed by atoms with Crippen LogP contribution in [0.25, 0.3) is 0 Å². The van der Waals surface area contributed by atoms with E-state index < -0.39 is 0 Å². The Labute approximate surface area is 80.7 Å². The Hall–Kier alpha value is -1.16. The second kappa shape index (κ2) is 2.96. The van der Waals surface area contributed by atoms with E-state index >= 15 is 0 Å². The normalized spacial score (nSPS) is 20.7. The second-order valence-corrected chi connectivity index (χ2v) is 4.32. The van der Waals surface area contributed by atoms with Crippen LogP contribution in [0.3, 0.4) is 0 Å². The molecule has 1 aliphatic heterocycles. The third-order valence-corrected chi connectivity index (χ3v) is 3.23. The van der Waals surface area contributed by atoms with Crippen LogP contribution in [0.15, 0.2) is 23.1 Å². The van der Waals surface area contributed by atoms with Crippen LogP contribution in [-0.2, 0) is 4.79 Å². The zero-order valence-electron chi connectivity index (χ0n) is 7.20. The summed E-state index contributed by atoms with van der Waals surface area (Å²) >= 11 is 1.51. The Kier molecular flexibility index (Phi) is 1.92. The number of hydrogen-bond donors (Lipinski definition) is 2. The standard InChI is InChI=1S/C9H10N2OS/c1-5-9(12)11-7-4-2-3-6(10)8(7)13-5/h2-5H,10H2,1H3,(H,11,12). The number of carbonyl (C=O) groups is 1. The summed E-state index contributed by atoms with van der Waals surface area (Å²) in [6.07, 6.45) is 0. The molecule has 0 saturated carbocycles. The van der Waals surface area contributed by atoms with Gasteiger partial charge in [0.15, 0.2) is 0 Å². The van der Waals surface area contributed by atoms with Crippen molar-refractivity contribution in [3.05, 3.63) is 18.2 Å². The van der Waals surface area contributed by atoms with Crippen LogP contribution in [0.2, 0.25) is 0 Å². The first kappa shape index (κ1) is 8.44. The lowest BCUT2D eigenvalue weighted by atomic mass is 10.2. The van der Waals surface area contributed by atoms with Gasteiger partial charge in [0, 0.05) is 5.69 Å². The summed E-state index contributed by atoms with van der Waals surface area (Å²) in [5.41, 5.74) is 7.33. The monoisotopic (exact) mass is 194 g/mol. The Bertz CT molecular complexity index is 365. The van der Waals surface area contributed by atoms with Crippen LogP contribution >= 0.6 is 11.8 Å². The van der Waals surface area contributed by atoms with Crippen molar-refractivity contribution in [1.29, 1.82) is 0 Å². The van der Waals surface area contributed by atoms with Crippen molar-refractivity contribution in [2.45, 2.75) is 17.1 Å². The molecule has 13 heavy (non-hydrogen) atoms. The van der Waals surface area contributed by atoms with Crippen LogP contribution in [0.4, 0.5) is 11.4 Å². The molecule has 1 heterocycles. The first-order valence-electron chi connectivity index (χ1n) is 4.04. The lowest BCUT2D eigenvalue weighted by Gasteiger charge is -2.22. The molecule has 1 aromatic rings. The molecule has 1 aromatic carbocycles. The number of benzene rings is 1. The number of nitrogen functional groups attached to an aromatic ring is 1. The van der Waals surface area contributed by atoms with E-state index in [1.54, 1.807) is 0 Å². The molecule has 1 amide bonds. The van der Waals surface area contributed by atoms with E-state index in [2.05, 4.69) is 5.32 Å². The number of hydrogen-bond acceptors (Lipinski definition) is 3. The van der Waals surface area contributed by atoms with Crippen LogP contribution in [0, 0.1) is 0 Å². The maximum absolute atomic E-state index is 11.3. The molecule has 2 rings (SSSR count). The Morgan fingerprint density at radius 3 is 3.08 bits per heavy atom. The molecule has 1 aliphatic rings. The number of anilines is 2. The summed E-state index contributed by atoms with van der Waals surface area (Å²) in [5, 5.41) is 2.75. The van der Waals surface area contributed by atoms with Crippen LogP contribution in [0.1, 0.15) is 6.92 Å². The zero-order chi connectivity index (χ0) is 9.42. The predicted octanol–water partition coefficient (Wildman–Crippen LogP) is 1.70. The van der Waals surface area contributed by atoms with Gasteiger partial charge in [-0.2, -0.15) is 0 Å². The van der Waals surface area contributed by atoms with Crippen molar-refractivity contribution < 1.29 is 4.79 Å². The molecule has 0 saturated heterocycles. The Balaban J connectivity index is 2.48. The van der Waals surface area contributed by atoms with Gasteiger partial charge in [0.1, 0.15) is 0 Å². The first-order valence-corrected chi connectivity index (χ1v) is 4.92. The molecule has 1 unspecified atom stereocenters. The molecule has 4 heteroatoms. The molecule has 68 valence electrons. The predicted molar refractivity (Wildman–Crippen MR) is 54.8 cm³/mol. The van der Waals surface area contributed by atoms with Crippen molar-refractivity contribution in [1.82, 2.24) is 0 Å². The summed E-state index contributed by atoms with van der Waals surface area (Å²) in [6.45, 7) is 1.87. The molecule has 0 spiro atoms. The molecule has 0 fully saturated rings. The van der Waals surface area contributed by atoms with Gasteiger partial charge in [-0.3, -0.25) is 4.79 Å². The molecule has 0 radical (unpaired) electrons. The molecule has 0 bridgehead atoms. The topological polar surface area (TPSA) is 55.1 Å². The smallest absolute Gasteiger partial charge is 0.237 e. The fraction of sp³-hybridized carbons (Fsp3) is 0.222. The Morgan fingerprint density at radius 2 is 2.31 bits per heavy atom. The lowest BCUT2D eigenvalue weighted by Crippen LogP contribution is -2.26. The van der Waals surface area contributed by atoms with Gasteiger partial charge in [0.25, 0.3) is 0 Å². The number of rotatable bonds is 0. The molecular weight excluding hydrogens is 184 g/mol. The minimum absolute atomic E-state index is 0.0445. The van der Waals surface area contributed by atoms with Crippen molar-refractivity contribution in [3.63, 3.8) is 0 Å². The van der Waals surface area contributed by atoms with E-state index in [9.17, 15) is 4.79 Å². The SMILES string of the molecule is CC1Sc2c(N)cccc2NC1=O. The molecule has 1 atom stereocenters. The van der Waals surface area contributed by atoms with Gasteiger partial charge in [-0.1, -0.05) is 6.07 Å². The highest BCUT2D eigenvalue weighted by molar-refractivity contribution is 8.01. The number of nitrogens with one attached hydrogen (secondary N) is 1. The van der Waals surface area contributed by atoms with E-state index in [-0.39, 0.29) is 11.2 Å². The molecule has 3 nitrogen and oxygen atoms in total. The van der Waals surface area contributed by atoms with E-state index in [1.165, 1.54) is 11.8 Å².